The van der Waals surface area contributed by atoms with Gasteiger partial charge in [0.05, 0.1) is 0 Å². The van der Waals surface area contributed by atoms with Crippen molar-refractivity contribution in [1.82, 2.24) is 10.6 Å². The molecule has 1 aliphatic heterocycles. The van der Waals surface area contributed by atoms with Gasteiger partial charge in [0.2, 0.25) is 0 Å². The Morgan fingerprint density at radius 3 is 2.93 bits per heavy atom. The molecular weight excluding hydrogens is 208 g/mol. The fraction of sp³-hybridized carbons (Fsp3) is 1.00. The number of rotatable bonds is 6. The van der Waals surface area contributed by atoms with E-state index in [1.54, 1.807) is 6.26 Å². The minimum atomic E-state index is -0.667. The Bertz CT molecular complexity index is 193. The van der Waals surface area contributed by atoms with Crippen LogP contribution in [-0.2, 0) is 10.8 Å². The molecule has 0 saturated carbocycles. The van der Waals surface area contributed by atoms with Crippen LogP contribution in [0.2, 0.25) is 0 Å². The van der Waals surface area contributed by atoms with E-state index in [1.165, 1.54) is 32.2 Å². The summed E-state index contributed by atoms with van der Waals surface area (Å²) in [6, 6.07) is 1.22. The van der Waals surface area contributed by atoms with Crippen molar-refractivity contribution in [3.05, 3.63) is 0 Å². The van der Waals surface area contributed by atoms with Gasteiger partial charge in [-0.15, -0.1) is 0 Å². The third-order valence-electron chi connectivity index (χ3n) is 2.93. The predicted octanol–water partition coefficient (Wildman–Crippen LogP) is 0.875. The van der Waals surface area contributed by atoms with Crippen molar-refractivity contribution in [2.45, 2.75) is 44.7 Å². The van der Waals surface area contributed by atoms with Gasteiger partial charge in [0.15, 0.2) is 0 Å². The maximum absolute atomic E-state index is 10.9. The minimum Gasteiger partial charge on any atom is -0.314 e. The fourth-order valence-electron chi connectivity index (χ4n) is 2.08. The van der Waals surface area contributed by atoms with Crippen molar-refractivity contribution in [3.63, 3.8) is 0 Å². The van der Waals surface area contributed by atoms with E-state index in [0.29, 0.717) is 12.1 Å². The third kappa shape index (κ3) is 6.28. The van der Waals surface area contributed by atoms with Crippen molar-refractivity contribution in [2.75, 3.05) is 25.1 Å². The molecule has 15 heavy (non-hydrogen) atoms. The molecule has 0 aromatic carbocycles. The van der Waals surface area contributed by atoms with Gasteiger partial charge in [-0.05, 0) is 32.7 Å². The molecule has 1 heterocycles. The van der Waals surface area contributed by atoms with Gasteiger partial charge >= 0.3 is 0 Å². The largest absolute Gasteiger partial charge is 0.314 e. The van der Waals surface area contributed by atoms with E-state index in [4.69, 9.17) is 0 Å². The average Bonchev–Trinajstić information content (AvgIpc) is 2.18. The predicted molar refractivity (Wildman–Crippen MR) is 66.7 cm³/mol. The van der Waals surface area contributed by atoms with Gasteiger partial charge in [0.1, 0.15) is 0 Å². The zero-order valence-electron chi connectivity index (χ0n) is 9.92. The first-order valence-electron chi connectivity index (χ1n) is 5.95. The van der Waals surface area contributed by atoms with Crippen LogP contribution in [0.5, 0.6) is 0 Å². The summed E-state index contributed by atoms with van der Waals surface area (Å²) >= 11 is 0. The summed E-state index contributed by atoms with van der Waals surface area (Å²) in [7, 11) is -0.667. The van der Waals surface area contributed by atoms with Crippen LogP contribution in [0, 0.1) is 0 Å². The SMILES string of the molecule is CC(CC1CCCCN1)NCCS(C)=O. The van der Waals surface area contributed by atoms with Crippen molar-refractivity contribution >= 4 is 10.8 Å². The molecule has 0 aromatic heterocycles. The van der Waals surface area contributed by atoms with E-state index < -0.39 is 10.8 Å². The Labute approximate surface area is 95.9 Å². The van der Waals surface area contributed by atoms with E-state index >= 15 is 0 Å². The van der Waals surface area contributed by atoms with Crippen LogP contribution in [0.25, 0.3) is 0 Å². The summed E-state index contributed by atoms with van der Waals surface area (Å²) in [5.74, 6) is 0.766. The highest BCUT2D eigenvalue weighted by molar-refractivity contribution is 7.84. The van der Waals surface area contributed by atoms with Gasteiger partial charge in [-0.2, -0.15) is 0 Å². The Kier molecular flexibility index (Phi) is 6.45. The summed E-state index contributed by atoms with van der Waals surface area (Å²) in [5, 5.41) is 6.98. The molecule has 90 valence electrons. The normalized spacial score (nSPS) is 26.1. The first-order chi connectivity index (χ1) is 7.18. The molecule has 2 N–H and O–H groups in total. The summed E-state index contributed by atoms with van der Waals surface area (Å²) in [6.45, 7) is 4.27. The van der Waals surface area contributed by atoms with Crippen LogP contribution in [0.4, 0.5) is 0 Å². The second-order valence-corrected chi connectivity index (χ2v) is 6.07. The first kappa shape index (κ1) is 13.1. The highest BCUT2D eigenvalue weighted by atomic mass is 32.2. The Morgan fingerprint density at radius 2 is 2.33 bits per heavy atom. The zero-order valence-corrected chi connectivity index (χ0v) is 10.7. The number of hydrogen-bond acceptors (Lipinski definition) is 3. The highest BCUT2D eigenvalue weighted by Crippen LogP contribution is 2.11. The van der Waals surface area contributed by atoms with Crippen LogP contribution in [0.15, 0.2) is 0 Å². The molecule has 0 amide bonds. The minimum absolute atomic E-state index is 0.532. The van der Waals surface area contributed by atoms with Gasteiger partial charge in [-0.3, -0.25) is 4.21 Å². The molecule has 1 rings (SSSR count). The van der Waals surface area contributed by atoms with Crippen molar-refractivity contribution in [3.8, 4) is 0 Å². The van der Waals surface area contributed by atoms with Gasteiger partial charge in [0.25, 0.3) is 0 Å². The molecule has 4 heteroatoms. The molecule has 0 spiro atoms. The molecule has 3 atom stereocenters. The second kappa shape index (κ2) is 7.36. The fourth-order valence-corrected chi connectivity index (χ4v) is 2.49. The maximum Gasteiger partial charge on any atom is 0.0357 e. The Morgan fingerprint density at radius 1 is 1.53 bits per heavy atom. The third-order valence-corrected chi connectivity index (χ3v) is 3.71. The van der Waals surface area contributed by atoms with Crippen molar-refractivity contribution in [2.24, 2.45) is 0 Å². The molecule has 0 aromatic rings. The van der Waals surface area contributed by atoms with Crippen LogP contribution < -0.4 is 10.6 Å². The van der Waals surface area contributed by atoms with E-state index in [0.717, 1.165) is 12.3 Å². The maximum atomic E-state index is 10.9. The Hall–Kier alpha value is 0.0700. The molecule has 3 unspecified atom stereocenters. The van der Waals surface area contributed by atoms with Gasteiger partial charge < -0.3 is 10.6 Å². The van der Waals surface area contributed by atoms with Crippen LogP contribution in [0.3, 0.4) is 0 Å². The van der Waals surface area contributed by atoms with E-state index in [-0.39, 0.29) is 0 Å². The van der Waals surface area contributed by atoms with Gasteiger partial charge in [0, 0.05) is 41.4 Å². The molecule has 0 radical (unpaired) electrons. The number of hydrogen-bond donors (Lipinski definition) is 2. The molecule has 0 aliphatic carbocycles. The van der Waals surface area contributed by atoms with E-state index in [1.807, 2.05) is 0 Å². The molecular formula is C11H24N2OS. The molecule has 1 saturated heterocycles. The molecule has 0 bridgehead atoms. The van der Waals surface area contributed by atoms with Gasteiger partial charge in [-0.1, -0.05) is 6.42 Å². The monoisotopic (exact) mass is 232 g/mol. The standard InChI is InChI=1S/C11H24N2OS/c1-10(12-7-8-15(2)14)9-11-5-3-4-6-13-11/h10-13H,3-9H2,1-2H3. The second-order valence-electron chi connectivity index (χ2n) is 4.52. The topological polar surface area (TPSA) is 41.1 Å². The van der Waals surface area contributed by atoms with E-state index in [9.17, 15) is 4.21 Å². The smallest absolute Gasteiger partial charge is 0.0357 e. The van der Waals surface area contributed by atoms with Crippen molar-refractivity contribution in [1.29, 1.82) is 0 Å². The summed E-state index contributed by atoms with van der Waals surface area (Å²) in [4.78, 5) is 0. The lowest BCUT2D eigenvalue weighted by Crippen LogP contribution is -2.40. The lowest BCUT2D eigenvalue weighted by atomic mass is 9.99. The lowest BCUT2D eigenvalue weighted by molar-refractivity contribution is 0.347. The van der Waals surface area contributed by atoms with Crippen molar-refractivity contribution < 1.29 is 4.21 Å². The average molecular weight is 232 g/mol. The van der Waals surface area contributed by atoms with E-state index in [2.05, 4.69) is 17.6 Å². The zero-order chi connectivity index (χ0) is 11.1. The van der Waals surface area contributed by atoms with Crippen LogP contribution in [0.1, 0.15) is 32.6 Å². The van der Waals surface area contributed by atoms with Crippen LogP contribution in [-0.4, -0.2) is 41.4 Å². The van der Waals surface area contributed by atoms with Gasteiger partial charge in [-0.25, -0.2) is 0 Å². The molecule has 1 aliphatic rings. The molecule has 1 fully saturated rings. The highest BCUT2D eigenvalue weighted by Gasteiger charge is 2.15. The Balaban J connectivity index is 2.06. The lowest BCUT2D eigenvalue weighted by Gasteiger charge is -2.26. The van der Waals surface area contributed by atoms with Crippen LogP contribution >= 0.6 is 0 Å². The summed E-state index contributed by atoms with van der Waals surface area (Å²) in [6.07, 6.45) is 6.95. The number of nitrogens with one attached hydrogen (secondary N) is 2. The summed E-state index contributed by atoms with van der Waals surface area (Å²) < 4.78 is 10.9. The first-order valence-corrected chi connectivity index (χ1v) is 7.68. The molecule has 3 nitrogen and oxygen atoms in total. The summed E-state index contributed by atoms with van der Waals surface area (Å²) in [5.41, 5.74) is 0. The quantitative estimate of drug-likeness (QED) is 0.714. The number of piperidine rings is 1.